The summed E-state index contributed by atoms with van der Waals surface area (Å²) in [5.74, 6) is -1.35. The van der Waals surface area contributed by atoms with Crippen molar-refractivity contribution in [3.8, 4) is 0 Å². The molecule has 0 bridgehead atoms. The van der Waals surface area contributed by atoms with Crippen molar-refractivity contribution in [3.05, 3.63) is 110 Å². The lowest BCUT2D eigenvalue weighted by atomic mass is 10.0. The number of nitro groups is 2. The molecule has 10 nitrogen and oxygen atoms in total. The van der Waals surface area contributed by atoms with E-state index in [1.54, 1.807) is 54.6 Å². The van der Waals surface area contributed by atoms with Gasteiger partial charge < -0.3 is 10.6 Å². The number of para-hydroxylation sites is 1. The van der Waals surface area contributed by atoms with E-state index in [0.29, 0.717) is 5.69 Å². The number of nitrogens with zero attached hydrogens (tertiary/aromatic N) is 2. The molecule has 0 spiro atoms. The van der Waals surface area contributed by atoms with Crippen molar-refractivity contribution in [2.24, 2.45) is 0 Å². The van der Waals surface area contributed by atoms with Gasteiger partial charge in [-0.2, -0.15) is 0 Å². The molecule has 3 aromatic carbocycles. The molecule has 1 unspecified atom stereocenters. The van der Waals surface area contributed by atoms with E-state index in [4.69, 9.17) is 0 Å². The van der Waals surface area contributed by atoms with Gasteiger partial charge in [-0.25, -0.2) is 0 Å². The number of hydrogen-bond acceptors (Lipinski definition) is 6. The van der Waals surface area contributed by atoms with Crippen molar-refractivity contribution < 1.29 is 19.4 Å². The SMILES string of the molecule is O=C(NC(Cc1ccccc1)C(=O)Nc1ccccc1)c1cc([N+](=O)[O-])cc([N+](=O)[O-])c1. The molecule has 0 aliphatic carbocycles. The first-order valence-electron chi connectivity index (χ1n) is 9.48. The molecule has 0 fully saturated rings. The summed E-state index contributed by atoms with van der Waals surface area (Å²) in [6, 6.07) is 19.2. The maximum atomic E-state index is 12.9. The second-order valence-corrected chi connectivity index (χ2v) is 6.82. The molecule has 2 amide bonds. The van der Waals surface area contributed by atoms with Gasteiger partial charge >= 0.3 is 0 Å². The van der Waals surface area contributed by atoms with Crippen molar-refractivity contribution in [2.45, 2.75) is 12.5 Å². The van der Waals surface area contributed by atoms with Gasteiger partial charge in [-0.05, 0) is 17.7 Å². The van der Waals surface area contributed by atoms with Crippen LogP contribution in [0.2, 0.25) is 0 Å². The molecule has 32 heavy (non-hydrogen) atoms. The molecule has 0 saturated heterocycles. The van der Waals surface area contributed by atoms with Crippen LogP contribution in [0.25, 0.3) is 0 Å². The van der Waals surface area contributed by atoms with Crippen LogP contribution in [-0.2, 0) is 11.2 Å². The Morgan fingerprint density at radius 3 is 1.88 bits per heavy atom. The normalized spacial score (nSPS) is 11.2. The number of hydrogen-bond donors (Lipinski definition) is 2. The maximum Gasteiger partial charge on any atom is 0.277 e. The largest absolute Gasteiger partial charge is 0.340 e. The number of amides is 2. The fourth-order valence-corrected chi connectivity index (χ4v) is 2.99. The lowest BCUT2D eigenvalue weighted by molar-refractivity contribution is -0.394. The van der Waals surface area contributed by atoms with Gasteiger partial charge in [0.25, 0.3) is 17.3 Å². The van der Waals surface area contributed by atoms with Crippen LogP contribution in [-0.4, -0.2) is 27.7 Å². The molecule has 0 saturated carbocycles. The van der Waals surface area contributed by atoms with Crippen molar-refractivity contribution >= 4 is 28.9 Å². The number of non-ortho nitro benzene ring substituents is 2. The number of anilines is 1. The average Bonchev–Trinajstić information content (AvgIpc) is 2.79. The van der Waals surface area contributed by atoms with Crippen LogP contribution in [0.1, 0.15) is 15.9 Å². The van der Waals surface area contributed by atoms with E-state index in [-0.39, 0.29) is 12.0 Å². The first-order valence-corrected chi connectivity index (χ1v) is 9.48. The number of carbonyl (C=O) groups is 2. The first-order chi connectivity index (χ1) is 15.3. The molecule has 3 rings (SSSR count). The van der Waals surface area contributed by atoms with Gasteiger partial charge in [-0.15, -0.1) is 0 Å². The molecule has 0 aromatic heterocycles. The van der Waals surface area contributed by atoms with Gasteiger partial charge in [0.15, 0.2) is 0 Å². The summed E-state index contributed by atoms with van der Waals surface area (Å²) in [6.45, 7) is 0. The van der Waals surface area contributed by atoms with Crippen LogP contribution in [0.4, 0.5) is 17.1 Å². The van der Waals surface area contributed by atoms with Crippen molar-refractivity contribution in [1.29, 1.82) is 0 Å². The standard InChI is InChI=1S/C22H18N4O6/c27-21(16-12-18(25(29)30)14-19(13-16)26(31)32)24-20(11-15-7-3-1-4-8-15)22(28)23-17-9-5-2-6-10-17/h1-10,12-14,20H,11H2,(H,23,28)(H,24,27). The van der Waals surface area contributed by atoms with Gasteiger partial charge in [-0.1, -0.05) is 48.5 Å². The maximum absolute atomic E-state index is 12.9. The lowest BCUT2D eigenvalue weighted by Gasteiger charge is -2.19. The van der Waals surface area contributed by atoms with Gasteiger partial charge in [-0.3, -0.25) is 29.8 Å². The molecule has 10 heteroatoms. The topological polar surface area (TPSA) is 144 Å². The zero-order chi connectivity index (χ0) is 23.1. The van der Waals surface area contributed by atoms with Crippen LogP contribution < -0.4 is 10.6 Å². The molecule has 3 aromatic rings. The van der Waals surface area contributed by atoms with Crippen LogP contribution in [0.5, 0.6) is 0 Å². The molecule has 0 aliphatic heterocycles. The quantitative estimate of drug-likeness (QED) is 0.410. The molecule has 0 heterocycles. The fourth-order valence-electron chi connectivity index (χ4n) is 2.99. The first kappa shape index (κ1) is 22.1. The van der Waals surface area contributed by atoms with Crippen LogP contribution in [0, 0.1) is 20.2 Å². The summed E-state index contributed by atoms with van der Waals surface area (Å²) < 4.78 is 0. The third kappa shape index (κ3) is 5.72. The second-order valence-electron chi connectivity index (χ2n) is 6.82. The molecule has 2 N–H and O–H groups in total. The van der Waals surface area contributed by atoms with E-state index in [2.05, 4.69) is 10.6 Å². The van der Waals surface area contributed by atoms with Crippen molar-refractivity contribution in [1.82, 2.24) is 5.32 Å². The van der Waals surface area contributed by atoms with E-state index < -0.39 is 39.1 Å². The highest BCUT2D eigenvalue weighted by Crippen LogP contribution is 2.23. The Hall–Kier alpha value is -4.60. The van der Waals surface area contributed by atoms with E-state index in [9.17, 15) is 29.8 Å². The lowest BCUT2D eigenvalue weighted by Crippen LogP contribution is -2.45. The second kappa shape index (κ2) is 9.94. The van der Waals surface area contributed by atoms with E-state index in [1.165, 1.54) is 0 Å². The van der Waals surface area contributed by atoms with Crippen LogP contribution in [0.15, 0.2) is 78.9 Å². The zero-order valence-electron chi connectivity index (χ0n) is 16.6. The average molecular weight is 434 g/mol. The molecule has 0 aliphatic rings. The Balaban J connectivity index is 1.88. The fraction of sp³-hybridized carbons (Fsp3) is 0.0909. The molecule has 1 atom stereocenters. The summed E-state index contributed by atoms with van der Waals surface area (Å²) in [5.41, 5.74) is -0.200. The predicted molar refractivity (Wildman–Crippen MR) is 116 cm³/mol. The smallest absolute Gasteiger partial charge is 0.277 e. The Bertz CT molecular complexity index is 1120. The highest BCUT2D eigenvalue weighted by atomic mass is 16.6. The third-order valence-electron chi connectivity index (χ3n) is 4.53. The molecule has 0 radical (unpaired) electrons. The van der Waals surface area contributed by atoms with E-state index in [1.807, 2.05) is 6.07 Å². The molecular formula is C22H18N4O6. The number of carbonyl (C=O) groups excluding carboxylic acids is 2. The summed E-state index contributed by atoms with van der Waals surface area (Å²) in [7, 11) is 0. The minimum atomic E-state index is -1.04. The Kier molecular flexibility index (Phi) is 6.86. The summed E-state index contributed by atoms with van der Waals surface area (Å²) in [5, 5.41) is 27.5. The number of rotatable bonds is 8. The Morgan fingerprint density at radius 2 is 1.34 bits per heavy atom. The summed E-state index contributed by atoms with van der Waals surface area (Å²) in [4.78, 5) is 46.3. The van der Waals surface area contributed by atoms with Crippen LogP contribution in [0.3, 0.4) is 0 Å². The molecular weight excluding hydrogens is 416 g/mol. The Labute approximate surface area is 182 Å². The number of nitro benzene ring substituents is 2. The van der Waals surface area contributed by atoms with Crippen LogP contribution >= 0.6 is 0 Å². The number of benzene rings is 3. The van der Waals surface area contributed by atoms with E-state index >= 15 is 0 Å². The van der Waals surface area contributed by atoms with Crippen molar-refractivity contribution in [2.75, 3.05) is 5.32 Å². The van der Waals surface area contributed by atoms with E-state index in [0.717, 1.165) is 23.8 Å². The third-order valence-corrected chi connectivity index (χ3v) is 4.53. The summed E-state index contributed by atoms with van der Waals surface area (Å²) >= 11 is 0. The number of nitrogens with one attached hydrogen (secondary N) is 2. The Morgan fingerprint density at radius 1 is 0.812 bits per heavy atom. The van der Waals surface area contributed by atoms with Gasteiger partial charge in [0.05, 0.1) is 21.5 Å². The van der Waals surface area contributed by atoms with Gasteiger partial charge in [0.1, 0.15) is 6.04 Å². The highest BCUT2D eigenvalue weighted by Gasteiger charge is 2.25. The highest BCUT2D eigenvalue weighted by molar-refractivity contribution is 6.01. The van der Waals surface area contributed by atoms with Crippen molar-refractivity contribution in [3.63, 3.8) is 0 Å². The zero-order valence-corrected chi connectivity index (χ0v) is 16.6. The van der Waals surface area contributed by atoms with Gasteiger partial charge in [0, 0.05) is 24.2 Å². The monoisotopic (exact) mass is 434 g/mol. The minimum Gasteiger partial charge on any atom is -0.340 e. The predicted octanol–water partition coefficient (Wildman–Crippen LogP) is 3.48. The van der Waals surface area contributed by atoms with Gasteiger partial charge in [0.2, 0.25) is 5.91 Å². The summed E-state index contributed by atoms with van der Waals surface area (Å²) in [6.07, 6.45) is 0.141. The minimum absolute atomic E-state index is 0.141. The molecule has 162 valence electrons.